The third kappa shape index (κ3) is 3.82. The van der Waals surface area contributed by atoms with Crippen molar-refractivity contribution in [1.82, 2.24) is 14.9 Å². The molecule has 1 atom stereocenters. The normalized spacial score (nSPS) is 11.9. The highest BCUT2D eigenvalue weighted by Gasteiger charge is 2.17. The van der Waals surface area contributed by atoms with Crippen LogP contribution in [0.15, 0.2) is 12.5 Å². The Hall–Kier alpha value is -1.93. The summed E-state index contributed by atoms with van der Waals surface area (Å²) in [5.41, 5.74) is 5.55. The van der Waals surface area contributed by atoms with Crippen LogP contribution in [-0.2, 0) is 16.1 Å². The first-order valence-electron chi connectivity index (χ1n) is 5.34. The molecule has 0 saturated heterocycles. The lowest BCUT2D eigenvalue weighted by Crippen LogP contribution is -2.37. The average molecular weight is 256 g/mol. The fourth-order valence-electron chi connectivity index (χ4n) is 1.25. The van der Waals surface area contributed by atoms with E-state index in [9.17, 15) is 14.7 Å². The molecule has 8 nitrogen and oxygen atoms in total. The molecule has 0 spiro atoms. The fourth-order valence-corrected chi connectivity index (χ4v) is 1.25. The van der Waals surface area contributed by atoms with Gasteiger partial charge in [0, 0.05) is 19.3 Å². The number of aromatic nitrogens is 2. The molecule has 1 aromatic heterocycles. The van der Waals surface area contributed by atoms with Crippen LogP contribution in [0.25, 0.3) is 0 Å². The van der Waals surface area contributed by atoms with Crippen molar-refractivity contribution >= 4 is 11.9 Å². The van der Waals surface area contributed by atoms with E-state index < -0.39 is 18.0 Å². The third-order valence-corrected chi connectivity index (χ3v) is 2.18. The average Bonchev–Trinajstić information content (AvgIpc) is 2.83. The van der Waals surface area contributed by atoms with E-state index in [1.165, 1.54) is 12.5 Å². The van der Waals surface area contributed by atoms with Crippen LogP contribution in [0.1, 0.15) is 10.5 Å². The summed E-state index contributed by atoms with van der Waals surface area (Å²) in [6.45, 7) is 0.777. The molecule has 1 rings (SSSR count). The highest BCUT2D eigenvalue weighted by Crippen LogP contribution is 1.96. The van der Waals surface area contributed by atoms with Gasteiger partial charge in [-0.25, -0.2) is 9.78 Å². The van der Waals surface area contributed by atoms with Crippen molar-refractivity contribution in [3.05, 3.63) is 18.2 Å². The van der Waals surface area contributed by atoms with Gasteiger partial charge < -0.3 is 25.5 Å². The number of nitrogens with one attached hydrogen (secondary N) is 1. The second-order valence-electron chi connectivity index (χ2n) is 3.53. The molecule has 0 radical (unpaired) electrons. The van der Waals surface area contributed by atoms with Gasteiger partial charge in [-0.05, 0) is 0 Å². The van der Waals surface area contributed by atoms with E-state index in [1.807, 2.05) is 0 Å². The summed E-state index contributed by atoms with van der Waals surface area (Å²) in [4.78, 5) is 26.4. The molecule has 18 heavy (non-hydrogen) atoms. The molecule has 100 valence electrons. The number of amides is 1. The highest BCUT2D eigenvalue weighted by atomic mass is 16.5. The largest absolute Gasteiger partial charge is 0.467 e. The van der Waals surface area contributed by atoms with Crippen LogP contribution in [-0.4, -0.2) is 52.8 Å². The lowest BCUT2D eigenvalue weighted by atomic mass is 10.3. The number of aliphatic hydroxyl groups is 1. The second kappa shape index (κ2) is 6.72. The van der Waals surface area contributed by atoms with Gasteiger partial charge in [0.1, 0.15) is 5.69 Å². The first kappa shape index (κ1) is 14.1. The summed E-state index contributed by atoms with van der Waals surface area (Å²) in [6.07, 6.45) is 1.63. The van der Waals surface area contributed by atoms with Gasteiger partial charge >= 0.3 is 5.97 Å². The Morgan fingerprint density at radius 2 is 2.39 bits per heavy atom. The van der Waals surface area contributed by atoms with Crippen LogP contribution < -0.4 is 11.1 Å². The quantitative estimate of drug-likeness (QED) is 0.512. The van der Waals surface area contributed by atoms with Crippen molar-refractivity contribution in [2.45, 2.75) is 12.6 Å². The first-order valence-corrected chi connectivity index (χ1v) is 5.34. The summed E-state index contributed by atoms with van der Waals surface area (Å²) in [5, 5.41) is 11.6. The molecule has 0 aliphatic carbocycles. The van der Waals surface area contributed by atoms with Gasteiger partial charge in [0.25, 0.3) is 5.91 Å². The van der Waals surface area contributed by atoms with E-state index in [1.54, 1.807) is 4.57 Å². The van der Waals surface area contributed by atoms with Gasteiger partial charge in [-0.2, -0.15) is 0 Å². The highest BCUT2D eigenvalue weighted by molar-refractivity contribution is 5.92. The maximum atomic E-state index is 11.6. The van der Waals surface area contributed by atoms with E-state index in [2.05, 4.69) is 15.0 Å². The summed E-state index contributed by atoms with van der Waals surface area (Å²) in [7, 11) is 1.15. The van der Waals surface area contributed by atoms with Crippen LogP contribution >= 0.6 is 0 Å². The number of aliphatic hydroxyl groups excluding tert-OH is 1. The van der Waals surface area contributed by atoms with Gasteiger partial charge in [-0.1, -0.05) is 0 Å². The van der Waals surface area contributed by atoms with Crippen molar-refractivity contribution in [3.63, 3.8) is 0 Å². The molecule has 0 aliphatic rings. The van der Waals surface area contributed by atoms with Crippen LogP contribution in [0.4, 0.5) is 0 Å². The second-order valence-corrected chi connectivity index (χ2v) is 3.53. The molecule has 0 aromatic carbocycles. The number of hydrogen-bond donors (Lipinski definition) is 3. The van der Waals surface area contributed by atoms with Gasteiger partial charge in [0.2, 0.25) is 0 Å². The lowest BCUT2D eigenvalue weighted by molar-refractivity contribution is -0.149. The van der Waals surface area contributed by atoms with E-state index in [0.717, 1.165) is 7.11 Å². The van der Waals surface area contributed by atoms with Crippen molar-refractivity contribution in [2.75, 3.05) is 20.2 Å². The molecular weight excluding hydrogens is 240 g/mol. The predicted molar refractivity (Wildman–Crippen MR) is 61.6 cm³/mol. The number of ether oxygens (including phenoxy) is 1. The third-order valence-electron chi connectivity index (χ3n) is 2.18. The fraction of sp³-hybridized carbons (Fsp3) is 0.500. The number of hydrogen-bond acceptors (Lipinski definition) is 6. The van der Waals surface area contributed by atoms with Crippen molar-refractivity contribution < 1.29 is 19.4 Å². The van der Waals surface area contributed by atoms with Gasteiger partial charge in [0.15, 0.2) is 6.10 Å². The number of nitrogens with two attached hydrogens (primary N) is 1. The molecular formula is C10H16N4O4. The molecule has 1 unspecified atom stereocenters. The maximum Gasteiger partial charge on any atom is 0.336 e. The van der Waals surface area contributed by atoms with Gasteiger partial charge in [0.05, 0.1) is 20.0 Å². The predicted octanol–water partition coefficient (Wildman–Crippen LogP) is -1.89. The summed E-state index contributed by atoms with van der Waals surface area (Å²) < 4.78 is 5.98. The van der Waals surface area contributed by atoms with E-state index in [0.29, 0.717) is 13.1 Å². The van der Waals surface area contributed by atoms with Gasteiger partial charge in [-0.3, -0.25) is 4.79 Å². The Labute approximate surface area is 104 Å². The monoisotopic (exact) mass is 256 g/mol. The van der Waals surface area contributed by atoms with Crippen LogP contribution in [0.3, 0.4) is 0 Å². The maximum absolute atomic E-state index is 11.6. The van der Waals surface area contributed by atoms with Gasteiger partial charge in [-0.15, -0.1) is 0 Å². The number of esters is 1. The zero-order valence-corrected chi connectivity index (χ0v) is 10.00. The number of nitrogens with zero attached hydrogens (tertiary/aromatic N) is 2. The van der Waals surface area contributed by atoms with E-state index in [4.69, 9.17) is 5.73 Å². The van der Waals surface area contributed by atoms with Crippen LogP contribution in [0.5, 0.6) is 0 Å². The molecule has 1 amide bonds. The standard InChI is InChI=1S/C10H16N4O4/c1-18-10(17)8(15)4-12-9(16)7-5-14(3-2-11)6-13-7/h5-6,8,15H,2-4,11H2,1H3,(H,12,16). The summed E-state index contributed by atoms with van der Waals surface area (Å²) in [6, 6.07) is 0. The molecule has 0 bridgehead atoms. The minimum absolute atomic E-state index is 0.195. The molecule has 8 heteroatoms. The number of carbonyl (C=O) groups is 2. The van der Waals surface area contributed by atoms with Crippen LogP contribution in [0, 0.1) is 0 Å². The Morgan fingerprint density at radius 1 is 1.67 bits per heavy atom. The number of methoxy groups -OCH3 is 1. The molecule has 1 heterocycles. The zero-order chi connectivity index (χ0) is 13.5. The minimum Gasteiger partial charge on any atom is -0.467 e. The Bertz CT molecular complexity index is 418. The Kier molecular flexibility index (Phi) is 5.28. The van der Waals surface area contributed by atoms with E-state index in [-0.39, 0.29) is 12.2 Å². The molecule has 0 fully saturated rings. The molecule has 0 aliphatic heterocycles. The first-order chi connectivity index (χ1) is 8.58. The lowest BCUT2D eigenvalue weighted by Gasteiger charge is -2.08. The number of carbonyl (C=O) groups excluding carboxylic acids is 2. The smallest absolute Gasteiger partial charge is 0.336 e. The van der Waals surface area contributed by atoms with E-state index >= 15 is 0 Å². The summed E-state index contributed by atoms with van der Waals surface area (Å²) in [5.74, 6) is -1.28. The van der Waals surface area contributed by atoms with Crippen LogP contribution in [0.2, 0.25) is 0 Å². The molecule has 0 saturated carbocycles. The number of rotatable bonds is 6. The molecule has 4 N–H and O–H groups in total. The van der Waals surface area contributed by atoms with Crippen molar-refractivity contribution in [1.29, 1.82) is 0 Å². The van der Waals surface area contributed by atoms with Crippen molar-refractivity contribution in [2.24, 2.45) is 5.73 Å². The topological polar surface area (TPSA) is 119 Å². The SMILES string of the molecule is COC(=O)C(O)CNC(=O)c1cn(CCN)cn1. The summed E-state index contributed by atoms with van der Waals surface area (Å²) >= 11 is 0. The number of imidazole rings is 1. The zero-order valence-electron chi connectivity index (χ0n) is 10.00. The van der Waals surface area contributed by atoms with Crippen molar-refractivity contribution in [3.8, 4) is 0 Å². The Morgan fingerprint density at radius 3 is 3.00 bits per heavy atom. The Balaban J connectivity index is 2.47. The minimum atomic E-state index is -1.38. The molecule has 1 aromatic rings.